The van der Waals surface area contributed by atoms with Crippen molar-refractivity contribution in [3.05, 3.63) is 84.4 Å². The summed E-state index contributed by atoms with van der Waals surface area (Å²) in [5.41, 5.74) is 3.32. The molecule has 0 aromatic heterocycles. The molecule has 0 aliphatic heterocycles. The van der Waals surface area contributed by atoms with Crippen LogP contribution >= 0.6 is 0 Å². The molecule has 148 valence electrons. The highest BCUT2D eigenvalue weighted by Gasteiger charge is 2.39. The number of nitrogens with zero attached hydrogens (tertiary/aromatic N) is 1. The van der Waals surface area contributed by atoms with Crippen molar-refractivity contribution in [2.24, 2.45) is 0 Å². The first-order chi connectivity index (χ1) is 14.0. The van der Waals surface area contributed by atoms with E-state index in [1.54, 1.807) is 37.4 Å². The summed E-state index contributed by atoms with van der Waals surface area (Å²) in [6.45, 7) is 0. The summed E-state index contributed by atoms with van der Waals surface area (Å²) >= 11 is 0. The largest absolute Gasteiger partial charge is 0.320 e. The zero-order valence-electron chi connectivity index (χ0n) is 16.1. The number of benzene rings is 3. The van der Waals surface area contributed by atoms with E-state index in [9.17, 15) is 13.2 Å². The average molecular weight is 407 g/mol. The number of nitrogens with one attached hydrogen (secondary N) is 1. The molecule has 1 aliphatic rings. The molecule has 1 aliphatic carbocycles. The smallest absolute Gasteiger partial charge is 0.255 e. The lowest BCUT2D eigenvalue weighted by Gasteiger charge is -2.23. The van der Waals surface area contributed by atoms with E-state index >= 15 is 0 Å². The van der Waals surface area contributed by atoms with Gasteiger partial charge in [-0.1, -0.05) is 54.6 Å². The minimum atomic E-state index is -3.44. The van der Waals surface area contributed by atoms with Crippen LogP contribution in [0.1, 0.15) is 23.2 Å². The zero-order chi connectivity index (χ0) is 20.4. The third-order valence-corrected chi connectivity index (χ3v) is 7.33. The van der Waals surface area contributed by atoms with E-state index in [0.29, 0.717) is 29.8 Å². The first-order valence-electron chi connectivity index (χ1n) is 9.50. The highest BCUT2D eigenvalue weighted by atomic mass is 32.2. The number of carbonyl (C=O) groups excluding carboxylic acids is 1. The number of amides is 1. The molecule has 5 nitrogen and oxygen atoms in total. The molecule has 0 heterocycles. The number of sulfonamides is 1. The Bertz CT molecular complexity index is 1130. The second kappa shape index (κ2) is 7.72. The quantitative estimate of drug-likeness (QED) is 0.654. The number of hydrogen-bond acceptors (Lipinski definition) is 3. The normalized spacial score (nSPS) is 13.7. The Balaban J connectivity index is 1.75. The van der Waals surface area contributed by atoms with Gasteiger partial charge in [-0.15, -0.1) is 0 Å². The van der Waals surface area contributed by atoms with E-state index in [4.69, 9.17) is 0 Å². The van der Waals surface area contributed by atoms with Crippen LogP contribution in [0.15, 0.2) is 78.9 Å². The standard InChI is InChI=1S/C23H22N2O3S/c1-25(29(27,28)20-13-14-20)22-15-12-19(17-8-4-2-5-9-17)16-21(22)24-23(26)18-10-6-3-7-11-18/h2-12,15-16,20H,13-14H2,1H3,(H,24,26). The molecule has 0 bridgehead atoms. The van der Waals surface area contributed by atoms with Gasteiger partial charge in [-0.3, -0.25) is 9.10 Å². The fourth-order valence-corrected chi connectivity index (χ4v) is 4.84. The second-order valence-electron chi connectivity index (χ2n) is 7.13. The van der Waals surface area contributed by atoms with Gasteiger partial charge in [0.25, 0.3) is 5.91 Å². The van der Waals surface area contributed by atoms with Crippen LogP contribution in [-0.2, 0) is 10.0 Å². The third-order valence-electron chi connectivity index (χ3n) is 5.05. The lowest BCUT2D eigenvalue weighted by molar-refractivity contribution is 0.102. The molecule has 0 radical (unpaired) electrons. The second-order valence-corrected chi connectivity index (χ2v) is 9.37. The Hall–Kier alpha value is -3.12. The Kier molecular flexibility index (Phi) is 5.11. The number of anilines is 2. The molecule has 3 aromatic carbocycles. The third kappa shape index (κ3) is 4.03. The lowest BCUT2D eigenvalue weighted by Crippen LogP contribution is -2.30. The van der Waals surface area contributed by atoms with Crippen LogP contribution in [0, 0.1) is 0 Å². The van der Waals surface area contributed by atoms with Crippen molar-refractivity contribution in [1.82, 2.24) is 0 Å². The minimum Gasteiger partial charge on any atom is -0.320 e. The molecule has 0 saturated heterocycles. The summed E-state index contributed by atoms with van der Waals surface area (Å²) < 4.78 is 26.8. The average Bonchev–Trinajstić information content (AvgIpc) is 3.60. The van der Waals surface area contributed by atoms with Gasteiger partial charge >= 0.3 is 0 Å². The monoisotopic (exact) mass is 406 g/mol. The molecule has 1 amide bonds. The Morgan fingerprint density at radius 1 is 0.897 bits per heavy atom. The summed E-state index contributed by atoms with van der Waals surface area (Å²) in [4.78, 5) is 12.8. The van der Waals surface area contributed by atoms with Crippen LogP contribution in [0.25, 0.3) is 11.1 Å². The van der Waals surface area contributed by atoms with Gasteiger partial charge in [0, 0.05) is 12.6 Å². The van der Waals surface area contributed by atoms with Gasteiger partial charge in [0.1, 0.15) is 0 Å². The molecule has 3 aromatic rings. The maximum absolute atomic E-state index is 12.8. The van der Waals surface area contributed by atoms with Gasteiger partial charge in [-0.05, 0) is 48.2 Å². The van der Waals surface area contributed by atoms with Crippen LogP contribution in [0.4, 0.5) is 11.4 Å². The zero-order valence-corrected chi connectivity index (χ0v) is 16.9. The molecule has 0 spiro atoms. The molecule has 1 N–H and O–H groups in total. The Morgan fingerprint density at radius 2 is 1.52 bits per heavy atom. The SMILES string of the molecule is CN(c1ccc(-c2ccccc2)cc1NC(=O)c1ccccc1)S(=O)(=O)C1CC1. The molecule has 29 heavy (non-hydrogen) atoms. The first kappa shape index (κ1) is 19.2. The van der Waals surface area contributed by atoms with Crippen LogP contribution < -0.4 is 9.62 Å². The number of hydrogen-bond donors (Lipinski definition) is 1. The number of carbonyl (C=O) groups is 1. The van der Waals surface area contributed by atoms with Crippen molar-refractivity contribution < 1.29 is 13.2 Å². The van der Waals surface area contributed by atoms with E-state index in [-0.39, 0.29) is 11.2 Å². The molecule has 6 heteroatoms. The predicted molar refractivity (Wildman–Crippen MR) is 117 cm³/mol. The van der Waals surface area contributed by atoms with Crippen molar-refractivity contribution in [2.45, 2.75) is 18.1 Å². The van der Waals surface area contributed by atoms with Gasteiger partial charge in [-0.2, -0.15) is 0 Å². The number of rotatable bonds is 6. The van der Waals surface area contributed by atoms with Crippen molar-refractivity contribution in [1.29, 1.82) is 0 Å². The van der Waals surface area contributed by atoms with Gasteiger partial charge < -0.3 is 5.32 Å². The van der Waals surface area contributed by atoms with Gasteiger partial charge in [0.2, 0.25) is 10.0 Å². The summed E-state index contributed by atoms with van der Waals surface area (Å²) in [6.07, 6.45) is 1.36. The molecular weight excluding hydrogens is 384 g/mol. The lowest BCUT2D eigenvalue weighted by atomic mass is 10.0. The van der Waals surface area contributed by atoms with Crippen molar-refractivity contribution in [3.8, 4) is 11.1 Å². The van der Waals surface area contributed by atoms with Crippen LogP contribution in [0.5, 0.6) is 0 Å². The van der Waals surface area contributed by atoms with Crippen LogP contribution in [0.3, 0.4) is 0 Å². The highest BCUT2D eigenvalue weighted by Crippen LogP contribution is 2.37. The molecule has 4 rings (SSSR count). The van der Waals surface area contributed by atoms with Gasteiger partial charge in [0.15, 0.2) is 0 Å². The summed E-state index contributed by atoms with van der Waals surface area (Å²) in [5.74, 6) is -0.283. The van der Waals surface area contributed by atoms with Crippen molar-refractivity contribution >= 4 is 27.3 Å². The van der Waals surface area contributed by atoms with Crippen LogP contribution in [0.2, 0.25) is 0 Å². The molecule has 1 saturated carbocycles. The van der Waals surface area contributed by atoms with E-state index in [2.05, 4.69) is 5.32 Å². The van der Waals surface area contributed by atoms with E-state index in [1.165, 1.54) is 4.31 Å². The Morgan fingerprint density at radius 3 is 2.14 bits per heavy atom. The van der Waals surface area contributed by atoms with Gasteiger partial charge in [-0.25, -0.2) is 8.42 Å². The fraction of sp³-hybridized carbons (Fsp3) is 0.174. The predicted octanol–water partition coefficient (Wildman–Crippen LogP) is 4.53. The molecule has 0 unspecified atom stereocenters. The van der Waals surface area contributed by atoms with Crippen LogP contribution in [-0.4, -0.2) is 26.6 Å². The molecule has 0 atom stereocenters. The van der Waals surface area contributed by atoms with Gasteiger partial charge in [0.05, 0.1) is 16.6 Å². The van der Waals surface area contributed by atoms with Crippen molar-refractivity contribution in [2.75, 3.05) is 16.7 Å². The molecular formula is C23H22N2O3S. The maximum atomic E-state index is 12.8. The van der Waals surface area contributed by atoms with E-state index < -0.39 is 10.0 Å². The molecule has 1 fully saturated rings. The first-order valence-corrected chi connectivity index (χ1v) is 11.0. The highest BCUT2D eigenvalue weighted by molar-refractivity contribution is 7.93. The summed E-state index contributed by atoms with van der Waals surface area (Å²) in [7, 11) is -1.89. The van der Waals surface area contributed by atoms with E-state index in [1.807, 2.05) is 48.5 Å². The summed E-state index contributed by atoms with van der Waals surface area (Å²) in [6, 6.07) is 24.1. The fourth-order valence-electron chi connectivity index (χ4n) is 3.23. The summed E-state index contributed by atoms with van der Waals surface area (Å²) in [5, 5.41) is 2.57. The minimum absolute atomic E-state index is 0.283. The Labute approximate surface area is 171 Å². The van der Waals surface area contributed by atoms with Crippen molar-refractivity contribution in [3.63, 3.8) is 0 Å². The topological polar surface area (TPSA) is 66.5 Å². The maximum Gasteiger partial charge on any atom is 0.255 e. The van der Waals surface area contributed by atoms with E-state index in [0.717, 1.165) is 11.1 Å².